The van der Waals surface area contributed by atoms with Crippen molar-refractivity contribution in [1.82, 2.24) is 0 Å². The molecule has 0 atom stereocenters. The number of nitrogen functional groups attached to an aromatic ring is 1. The second kappa shape index (κ2) is 7.77. The Morgan fingerprint density at radius 1 is 0.962 bits per heavy atom. The molecule has 0 fully saturated rings. The predicted molar refractivity (Wildman–Crippen MR) is 89.8 cm³/mol. The van der Waals surface area contributed by atoms with Gasteiger partial charge in [0, 0.05) is 16.8 Å². The van der Waals surface area contributed by atoms with Crippen molar-refractivity contribution in [3.8, 4) is 0 Å². The van der Waals surface area contributed by atoms with Crippen LogP contribution in [0.4, 0.5) is 25.8 Å². The van der Waals surface area contributed by atoms with Crippen LogP contribution in [-0.2, 0) is 10.1 Å². The third-order valence-corrected chi connectivity index (χ3v) is 4.37. The Kier molecular flexibility index (Phi) is 6.09. The Labute approximate surface area is 171 Å². The van der Waals surface area contributed by atoms with Crippen LogP contribution in [0, 0.1) is 11.6 Å². The second-order valence-electron chi connectivity index (χ2n) is 5.12. The smallest absolute Gasteiger partial charge is 1.00 e. The van der Waals surface area contributed by atoms with Gasteiger partial charge in [-0.05, 0) is 18.2 Å². The van der Waals surface area contributed by atoms with Gasteiger partial charge in [-0.2, -0.15) is 8.42 Å². The van der Waals surface area contributed by atoms with Crippen LogP contribution in [0.1, 0.15) is 1.43 Å². The molecular weight excluding hydrogens is 375 g/mol. The minimum Gasteiger partial charge on any atom is -1.00 e. The van der Waals surface area contributed by atoms with Crippen LogP contribution in [0.2, 0.25) is 0 Å². The quantitative estimate of drug-likeness (QED) is 0.307. The van der Waals surface area contributed by atoms with Gasteiger partial charge < -0.3 is 7.16 Å². The summed E-state index contributed by atoms with van der Waals surface area (Å²) < 4.78 is 59.2. The first-order valence-corrected chi connectivity index (χ1v) is 8.37. The molecule has 26 heavy (non-hydrogen) atoms. The average Bonchev–Trinajstić information content (AvgIpc) is 2.54. The van der Waals surface area contributed by atoms with E-state index in [9.17, 15) is 21.8 Å². The number of benzene rings is 3. The summed E-state index contributed by atoms with van der Waals surface area (Å²) in [6.45, 7) is 0. The normalized spacial score (nSPS) is 11.7. The molecule has 0 amide bonds. The van der Waals surface area contributed by atoms with Crippen molar-refractivity contribution < 1.29 is 52.7 Å². The van der Waals surface area contributed by atoms with E-state index < -0.39 is 26.6 Å². The van der Waals surface area contributed by atoms with E-state index in [1.54, 1.807) is 18.2 Å². The van der Waals surface area contributed by atoms with Gasteiger partial charge in [0.25, 0.3) is 10.1 Å². The molecule has 0 aliphatic rings. The minimum absolute atomic E-state index is 0. The summed E-state index contributed by atoms with van der Waals surface area (Å²) >= 11 is 0. The number of rotatable bonds is 3. The van der Waals surface area contributed by atoms with Crippen LogP contribution in [-0.4, -0.2) is 13.0 Å². The van der Waals surface area contributed by atoms with Crippen molar-refractivity contribution in [2.75, 3.05) is 5.73 Å². The van der Waals surface area contributed by atoms with Gasteiger partial charge in [-0.25, -0.2) is 8.78 Å². The molecule has 10 heteroatoms. The van der Waals surface area contributed by atoms with Crippen LogP contribution in [0.3, 0.4) is 0 Å². The first-order chi connectivity index (χ1) is 11.8. The summed E-state index contributed by atoms with van der Waals surface area (Å²) in [5.74, 6) is -1.70. The number of nitrogens with two attached hydrogens (primary N) is 1. The average molecular weight is 387 g/mol. The molecule has 0 unspecified atom stereocenters. The number of fused-ring (bicyclic) bond motifs is 1. The van der Waals surface area contributed by atoms with Gasteiger partial charge in [0.05, 0.1) is 5.69 Å². The summed E-state index contributed by atoms with van der Waals surface area (Å²) in [6, 6.07) is 10.0. The fraction of sp³-hybridized carbons (Fsp3) is 0. The monoisotopic (exact) mass is 387 g/mol. The minimum atomic E-state index is -4.55. The van der Waals surface area contributed by atoms with Gasteiger partial charge in [-0.15, -0.1) is 10.2 Å². The summed E-state index contributed by atoms with van der Waals surface area (Å²) in [5.41, 5.74) is 5.76. The van der Waals surface area contributed by atoms with Gasteiger partial charge in [-0.3, -0.25) is 4.55 Å². The molecule has 0 aliphatic carbocycles. The Morgan fingerprint density at radius 3 is 2.19 bits per heavy atom. The Bertz CT molecular complexity index is 1130. The van der Waals surface area contributed by atoms with E-state index >= 15 is 0 Å². The summed E-state index contributed by atoms with van der Waals surface area (Å²) in [7, 11) is -4.55. The topological polar surface area (TPSA) is 105 Å². The molecule has 0 saturated heterocycles. The number of azo groups is 1. The zero-order valence-electron chi connectivity index (χ0n) is 14.5. The van der Waals surface area contributed by atoms with E-state index in [0.717, 1.165) is 18.2 Å². The molecule has 6 nitrogen and oxygen atoms in total. The van der Waals surface area contributed by atoms with E-state index in [-0.39, 0.29) is 53.4 Å². The molecule has 3 aromatic carbocycles. The summed E-state index contributed by atoms with van der Waals surface area (Å²) in [5, 5.41) is 7.94. The van der Waals surface area contributed by atoms with Gasteiger partial charge in [0.2, 0.25) is 0 Å². The van der Waals surface area contributed by atoms with Crippen LogP contribution in [0.25, 0.3) is 10.8 Å². The summed E-state index contributed by atoms with van der Waals surface area (Å²) in [6.07, 6.45) is 0. The fourth-order valence-corrected chi connectivity index (χ4v) is 3.03. The number of halogens is 2. The molecule has 0 radical (unpaired) electrons. The maximum Gasteiger partial charge on any atom is 1.00 e. The standard InChI is InChI=1S/C16H11F2N3O3S.Na.H/c17-9-5-6-13(12(18)7-9)20-21-14-8-15(25(22,23)24)10-3-1-2-4-11(10)16(14)19;;/h1-8H,19H2,(H,22,23,24);;/q;+1;-1. The predicted octanol–water partition coefficient (Wildman–Crippen LogP) is 1.48. The van der Waals surface area contributed by atoms with Crippen molar-refractivity contribution in [2.45, 2.75) is 4.90 Å². The SMILES string of the molecule is Nc1c(N=Nc2ccc(F)cc2F)cc(S(=O)(=O)O)c2ccccc12.[H-].[Na+]. The molecule has 0 spiro atoms. The molecule has 3 N–H and O–H groups in total. The molecule has 0 aromatic heterocycles. The second-order valence-corrected chi connectivity index (χ2v) is 6.51. The van der Waals surface area contributed by atoms with Gasteiger partial charge in [0.15, 0.2) is 5.82 Å². The van der Waals surface area contributed by atoms with Gasteiger partial charge in [-0.1, -0.05) is 24.3 Å². The molecular formula is C16H12F2N3NaO3S. The Morgan fingerprint density at radius 2 is 1.58 bits per heavy atom. The number of anilines is 1. The van der Waals surface area contributed by atoms with E-state index in [1.807, 2.05) is 0 Å². The van der Waals surface area contributed by atoms with Crippen LogP contribution in [0.5, 0.6) is 0 Å². The molecule has 3 rings (SSSR count). The maximum atomic E-state index is 13.6. The third kappa shape index (κ3) is 4.08. The van der Waals surface area contributed by atoms with E-state index in [2.05, 4.69) is 10.2 Å². The van der Waals surface area contributed by atoms with Crippen molar-refractivity contribution in [3.63, 3.8) is 0 Å². The molecule has 0 heterocycles. The summed E-state index contributed by atoms with van der Waals surface area (Å²) in [4.78, 5) is -0.397. The first kappa shape index (κ1) is 20.4. The Balaban J connectivity index is 0.00000182. The third-order valence-electron chi connectivity index (χ3n) is 3.48. The van der Waals surface area contributed by atoms with E-state index in [0.29, 0.717) is 11.5 Å². The zero-order chi connectivity index (χ0) is 18.2. The van der Waals surface area contributed by atoms with Gasteiger partial charge >= 0.3 is 29.6 Å². The number of hydrogen-bond acceptors (Lipinski definition) is 5. The van der Waals surface area contributed by atoms with Gasteiger partial charge in [0.1, 0.15) is 22.1 Å². The Hall–Kier alpha value is -1.91. The molecule has 130 valence electrons. The van der Waals surface area contributed by atoms with Crippen LogP contribution in [0.15, 0.2) is 63.7 Å². The first-order valence-electron chi connectivity index (χ1n) is 6.93. The fourth-order valence-electron chi connectivity index (χ4n) is 2.32. The van der Waals surface area contributed by atoms with Crippen LogP contribution >= 0.6 is 0 Å². The van der Waals surface area contributed by atoms with Crippen molar-refractivity contribution in [2.24, 2.45) is 10.2 Å². The number of hydrogen-bond donors (Lipinski definition) is 2. The van der Waals surface area contributed by atoms with Crippen molar-refractivity contribution >= 4 is 38.0 Å². The molecule has 0 saturated carbocycles. The zero-order valence-corrected chi connectivity index (χ0v) is 16.3. The molecule has 3 aromatic rings. The van der Waals surface area contributed by atoms with Crippen LogP contribution < -0.4 is 35.3 Å². The van der Waals surface area contributed by atoms with E-state index in [4.69, 9.17) is 5.73 Å². The largest absolute Gasteiger partial charge is 1.00 e. The molecule has 0 bridgehead atoms. The van der Waals surface area contributed by atoms with Crippen molar-refractivity contribution in [1.29, 1.82) is 0 Å². The van der Waals surface area contributed by atoms with Crippen molar-refractivity contribution in [3.05, 3.63) is 60.2 Å². The maximum absolute atomic E-state index is 13.6. The number of nitrogens with zero attached hydrogens (tertiary/aromatic N) is 2. The molecule has 0 aliphatic heterocycles. The van der Waals surface area contributed by atoms with E-state index in [1.165, 1.54) is 6.07 Å².